The van der Waals surface area contributed by atoms with E-state index in [-0.39, 0.29) is 47.9 Å². The number of rotatable bonds is 8. The molecule has 48 heavy (non-hydrogen) atoms. The first-order valence-electron chi connectivity index (χ1n) is 16.8. The monoisotopic (exact) mass is 859 g/mol. The molecule has 0 aliphatic rings. The first-order valence-corrected chi connectivity index (χ1v) is 18.5. The average Bonchev–Trinajstić information content (AvgIpc) is 3.78. The van der Waals surface area contributed by atoms with Gasteiger partial charge in [0.1, 0.15) is 17.1 Å². The largest absolute Gasteiger partial charge is 0.512 e. The van der Waals surface area contributed by atoms with Gasteiger partial charge in [-0.05, 0) is 77.8 Å². The number of nitrogens with zero attached hydrogens (tertiary/aromatic N) is 1. The Morgan fingerprint density at radius 1 is 0.917 bits per heavy atom. The van der Waals surface area contributed by atoms with E-state index in [9.17, 15) is 9.90 Å². The van der Waals surface area contributed by atoms with Gasteiger partial charge in [0.2, 0.25) is 0 Å². The van der Waals surface area contributed by atoms with Crippen molar-refractivity contribution in [2.45, 2.75) is 100 Å². The predicted molar refractivity (Wildman–Crippen MR) is 203 cm³/mol. The van der Waals surface area contributed by atoms with Crippen LogP contribution in [0.2, 0.25) is 0 Å². The molecule has 2 aromatic carbocycles. The van der Waals surface area contributed by atoms with E-state index in [1.807, 2.05) is 66.0 Å². The van der Waals surface area contributed by atoms with Crippen molar-refractivity contribution in [3.05, 3.63) is 77.2 Å². The summed E-state index contributed by atoms with van der Waals surface area (Å²) in [6, 6.07) is 16.6. The van der Waals surface area contributed by atoms with Crippen molar-refractivity contribution in [2.24, 2.45) is 10.8 Å². The molecule has 0 saturated carbocycles. The molecule has 257 valence electrons. The van der Waals surface area contributed by atoms with Gasteiger partial charge in [-0.15, -0.1) is 34.9 Å². The molecule has 4 aromatic heterocycles. The molecule has 0 saturated heterocycles. The summed E-state index contributed by atoms with van der Waals surface area (Å²) in [4.78, 5) is 17.1. The van der Waals surface area contributed by atoms with Crippen LogP contribution in [0.15, 0.2) is 64.2 Å². The number of aliphatic hydroxyl groups is 1. The normalized spacial score (nSPS) is 12.8. The van der Waals surface area contributed by atoms with Crippen LogP contribution in [0.25, 0.3) is 52.5 Å². The van der Waals surface area contributed by atoms with Gasteiger partial charge in [0, 0.05) is 69.1 Å². The van der Waals surface area contributed by atoms with Crippen molar-refractivity contribution in [2.75, 3.05) is 0 Å². The Morgan fingerprint density at radius 2 is 1.56 bits per heavy atom. The first-order chi connectivity index (χ1) is 22.2. The molecule has 4 heterocycles. The molecule has 0 amide bonds. The third kappa shape index (κ3) is 7.07. The molecule has 0 unspecified atom stereocenters. The van der Waals surface area contributed by atoms with E-state index < -0.39 is 0 Å². The van der Waals surface area contributed by atoms with Crippen molar-refractivity contribution >= 4 is 69.7 Å². The van der Waals surface area contributed by atoms with Gasteiger partial charge in [-0.2, -0.15) is 11.3 Å². The second-order valence-electron chi connectivity index (χ2n) is 14.3. The fraction of sp³-hybridized carbons (Fsp3) is 0.415. The molecule has 0 spiro atoms. The molecule has 1 radical (unpaired) electrons. The maximum absolute atomic E-state index is 12.2. The Morgan fingerprint density at radius 3 is 2.19 bits per heavy atom. The van der Waals surface area contributed by atoms with E-state index in [4.69, 9.17) is 9.40 Å². The maximum Gasteiger partial charge on any atom is 0.164 e. The Kier molecular flexibility index (Phi) is 11.5. The maximum atomic E-state index is 12.2. The van der Waals surface area contributed by atoms with Crippen LogP contribution in [-0.4, -0.2) is 15.9 Å². The van der Waals surface area contributed by atoms with Gasteiger partial charge < -0.3 is 9.52 Å². The van der Waals surface area contributed by atoms with Gasteiger partial charge in [-0.25, -0.2) is 0 Å². The standard InChI is InChI=1S/C26H20NOS2.C15H28O2.Ir/c1-14-11-17-19(28-14)5-6-20-22(17)23-21(30-20)7-9-27-24(23)16-12-15-8-10-29-25(15)18(13-16)26(2,3)4;1-7-14(5,8-2)12(16)11-13(17)15(6,9-3)10-4;/h5-11,13H,1-4H3;11,16H,7-10H2,1-6H3;/q-1;;/b;12-11-;. The molecule has 0 atom stereocenters. The van der Waals surface area contributed by atoms with Crippen LogP contribution in [0.3, 0.4) is 0 Å². The van der Waals surface area contributed by atoms with Gasteiger partial charge >= 0.3 is 0 Å². The van der Waals surface area contributed by atoms with Crippen molar-refractivity contribution in [1.82, 2.24) is 4.98 Å². The van der Waals surface area contributed by atoms with Crippen LogP contribution in [0.5, 0.6) is 0 Å². The number of aryl methyl sites for hydroxylation is 1. The van der Waals surface area contributed by atoms with Gasteiger partial charge in [-0.1, -0.05) is 73.4 Å². The summed E-state index contributed by atoms with van der Waals surface area (Å²) in [6.07, 6.45) is 6.68. The van der Waals surface area contributed by atoms with E-state index >= 15 is 0 Å². The third-order valence-corrected chi connectivity index (χ3v) is 12.4. The zero-order chi connectivity index (χ0) is 34.3. The minimum absolute atomic E-state index is 0. The van der Waals surface area contributed by atoms with E-state index in [1.165, 1.54) is 41.9 Å². The summed E-state index contributed by atoms with van der Waals surface area (Å²) >= 11 is 3.61. The molecule has 4 nitrogen and oxygen atoms in total. The Balaban J connectivity index is 0.000000251. The topological polar surface area (TPSA) is 63.3 Å². The molecule has 0 aliphatic heterocycles. The number of pyridine rings is 1. The van der Waals surface area contributed by atoms with Crippen LogP contribution in [-0.2, 0) is 30.3 Å². The zero-order valence-electron chi connectivity index (χ0n) is 29.9. The number of allylic oxidation sites excluding steroid dienone is 2. The van der Waals surface area contributed by atoms with Crippen molar-refractivity contribution < 1.29 is 34.4 Å². The van der Waals surface area contributed by atoms with Crippen LogP contribution in [0.4, 0.5) is 0 Å². The summed E-state index contributed by atoms with van der Waals surface area (Å²) < 4.78 is 9.76. The number of aliphatic hydroxyl groups excluding tert-OH is 1. The molecular weight excluding hydrogens is 811 g/mol. The number of ketones is 1. The smallest absolute Gasteiger partial charge is 0.164 e. The van der Waals surface area contributed by atoms with Crippen molar-refractivity contribution in [3.8, 4) is 11.3 Å². The summed E-state index contributed by atoms with van der Waals surface area (Å²) in [5, 5.41) is 17.1. The molecule has 0 aliphatic carbocycles. The van der Waals surface area contributed by atoms with Crippen LogP contribution < -0.4 is 0 Å². The number of carbonyl (C=O) groups is 1. The minimum Gasteiger partial charge on any atom is -0.512 e. The number of carbonyl (C=O) groups excluding carboxylic acids is 1. The average molecular weight is 859 g/mol. The number of thiophene rings is 2. The minimum atomic E-state index is -0.337. The molecule has 6 aromatic rings. The number of hydrogen-bond donors (Lipinski definition) is 1. The van der Waals surface area contributed by atoms with Gasteiger partial charge in [0.05, 0.1) is 0 Å². The van der Waals surface area contributed by atoms with Gasteiger partial charge in [0.25, 0.3) is 0 Å². The second kappa shape index (κ2) is 14.6. The molecule has 6 rings (SSSR count). The predicted octanol–water partition coefficient (Wildman–Crippen LogP) is 13.1. The third-order valence-electron chi connectivity index (χ3n) is 10.3. The number of benzene rings is 2. The van der Waals surface area contributed by atoms with E-state index in [2.05, 4.69) is 68.6 Å². The van der Waals surface area contributed by atoms with Gasteiger partial charge in [-0.3, -0.25) is 9.78 Å². The van der Waals surface area contributed by atoms with Crippen LogP contribution in [0.1, 0.15) is 99.3 Å². The quantitative estimate of drug-likeness (QED) is 0.0941. The second-order valence-corrected chi connectivity index (χ2v) is 16.3. The summed E-state index contributed by atoms with van der Waals surface area (Å²) in [7, 11) is 0. The van der Waals surface area contributed by atoms with E-state index in [0.717, 1.165) is 53.7 Å². The van der Waals surface area contributed by atoms with Crippen molar-refractivity contribution in [1.29, 1.82) is 0 Å². The SMILES string of the molecule is CCC(C)(CC)C(=O)/C=C(\O)C(C)(CC)CC.Cc1cc2c(ccc3sc4ccnc(-c5[c-]c6ccsc6c(C(C)(C)C)c5)c4c32)o1.[Ir]. The van der Waals surface area contributed by atoms with Crippen molar-refractivity contribution in [3.63, 3.8) is 0 Å². The summed E-state index contributed by atoms with van der Waals surface area (Å²) in [6.45, 7) is 20.9. The Hall–Kier alpha value is -2.83. The fourth-order valence-corrected chi connectivity index (χ4v) is 8.23. The molecule has 1 N–H and O–H groups in total. The van der Waals surface area contributed by atoms with E-state index in [1.54, 1.807) is 11.3 Å². The number of fused-ring (bicyclic) bond motifs is 6. The number of hydrogen-bond acceptors (Lipinski definition) is 6. The molecule has 0 fully saturated rings. The molecule has 0 bridgehead atoms. The Bertz CT molecular complexity index is 2100. The summed E-state index contributed by atoms with van der Waals surface area (Å²) in [5.41, 5.74) is 3.80. The molecule has 7 heteroatoms. The first kappa shape index (κ1) is 38.0. The zero-order valence-corrected chi connectivity index (χ0v) is 33.9. The fourth-order valence-electron chi connectivity index (χ4n) is 6.03. The number of furan rings is 1. The van der Waals surface area contributed by atoms with E-state index in [0.29, 0.717) is 0 Å². The Labute approximate surface area is 307 Å². The van der Waals surface area contributed by atoms with Crippen LogP contribution >= 0.6 is 22.7 Å². The van der Waals surface area contributed by atoms with Gasteiger partial charge in [0.15, 0.2) is 5.78 Å². The summed E-state index contributed by atoms with van der Waals surface area (Å²) in [5.74, 6) is 1.22. The molecular formula is C41H48IrNO3S2-. The number of aromatic nitrogens is 1. The van der Waals surface area contributed by atoms with Crippen LogP contribution in [0, 0.1) is 23.8 Å².